The standard InChI is InChI=1S/C54H85N9O11/c1-12-36(6)47(60(9)51(69)45(34(2)3)57-50(68)46(35(4)5)59(8)27-19-25-55-53(71)56-26-30-62-42(64)23-24-43(62)65)41(72-10)32-44(66)61-28-18-22-40(61)48(73-11)37(7)49(67)58-54(52(70)63-29-16-17-31-74-63)33-39(54)38-20-14-13-15-21-38/h13-15,20-21,23-24,34-37,39-41,45-48H,12,16-19,22,25-33H2,1-11H3,(H,57,68)(H,58,67)(H2,55,56,71)/t36?,37?,39-,40+,41?,45?,46?,47?,48?,54+/m1/s1. The van der Waals surface area contributed by atoms with Gasteiger partial charge in [0.1, 0.15) is 11.6 Å². The van der Waals surface area contributed by atoms with Crippen molar-refractivity contribution in [1.29, 1.82) is 0 Å². The first kappa shape index (κ1) is 59.4. The van der Waals surface area contributed by atoms with Gasteiger partial charge < -0.3 is 40.5 Å². The lowest BCUT2D eigenvalue weighted by Gasteiger charge is -2.41. The van der Waals surface area contributed by atoms with Gasteiger partial charge in [-0.3, -0.25) is 48.2 Å². The number of hydrogen-bond acceptors (Lipinski definition) is 12. The summed E-state index contributed by atoms with van der Waals surface area (Å²) in [5.74, 6) is -3.74. The zero-order valence-electron chi connectivity index (χ0n) is 45.7. The monoisotopic (exact) mass is 1040 g/mol. The van der Waals surface area contributed by atoms with E-state index in [0.29, 0.717) is 64.9 Å². The predicted molar refractivity (Wildman–Crippen MR) is 278 cm³/mol. The fourth-order valence-electron chi connectivity index (χ4n) is 11.0. The van der Waals surface area contributed by atoms with Gasteiger partial charge >= 0.3 is 6.03 Å². The second-order valence-corrected chi connectivity index (χ2v) is 21.3. The summed E-state index contributed by atoms with van der Waals surface area (Å²) in [4.78, 5) is 120. The van der Waals surface area contributed by atoms with Gasteiger partial charge in [-0.15, -0.1) is 0 Å². The van der Waals surface area contributed by atoms with Crippen molar-refractivity contribution in [2.75, 3.05) is 74.2 Å². The molecule has 4 N–H and O–H groups in total. The summed E-state index contributed by atoms with van der Waals surface area (Å²) in [5, 5.41) is 13.0. The summed E-state index contributed by atoms with van der Waals surface area (Å²) in [6.07, 6.45) is 5.54. The van der Waals surface area contributed by atoms with Crippen LogP contribution in [0.4, 0.5) is 4.79 Å². The lowest BCUT2D eigenvalue weighted by Crippen LogP contribution is -2.60. The number of amides is 9. The van der Waals surface area contributed by atoms with Gasteiger partial charge in [0.05, 0.1) is 49.3 Å². The number of likely N-dealkylation sites (N-methyl/N-ethyl adjacent to an activating group) is 2. The molecule has 74 heavy (non-hydrogen) atoms. The van der Waals surface area contributed by atoms with E-state index >= 15 is 0 Å². The third-order valence-corrected chi connectivity index (χ3v) is 15.5. The number of likely N-dealkylation sites (tertiary alicyclic amines) is 1. The van der Waals surface area contributed by atoms with Gasteiger partial charge in [0, 0.05) is 78.6 Å². The normalized spacial score (nSPS) is 22.5. The van der Waals surface area contributed by atoms with Crippen molar-refractivity contribution in [3.8, 4) is 0 Å². The van der Waals surface area contributed by atoms with Gasteiger partial charge in [-0.25, -0.2) is 9.86 Å². The number of imide groups is 1. The summed E-state index contributed by atoms with van der Waals surface area (Å²) in [6.45, 7) is 15.7. The van der Waals surface area contributed by atoms with E-state index in [1.165, 1.54) is 24.3 Å². The van der Waals surface area contributed by atoms with Gasteiger partial charge in [0.25, 0.3) is 17.7 Å². The largest absolute Gasteiger partial charge is 0.379 e. The Bertz CT molecular complexity index is 2120. The Hall–Kier alpha value is -5.44. The molecule has 20 heteroatoms. The summed E-state index contributed by atoms with van der Waals surface area (Å²) in [6, 6.07) is 6.77. The van der Waals surface area contributed by atoms with Crippen molar-refractivity contribution in [2.24, 2.45) is 23.7 Å². The summed E-state index contributed by atoms with van der Waals surface area (Å²) in [5.41, 5.74) is -0.208. The van der Waals surface area contributed by atoms with Crippen LogP contribution in [0.25, 0.3) is 0 Å². The molecule has 20 nitrogen and oxygen atoms in total. The maximum absolute atomic E-state index is 14.7. The van der Waals surface area contributed by atoms with E-state index < -0.39 is 65.7 Å². The van der Waals surface area contributed by atoms with Crippen LogP contribution in [-0.2, 0) is 47.9 Å². The van der Waals surface area contributed by atoms with E-state index in [4.69, 9.17) is 14.3 Å². The molecule has 4 aliphatic rings. The number of nitrogens with zero attached hydrogens (tertiary/aromatic N) is 5. The zero-order chi connectivity index (χ0) is 54.4. The predicted octanol–water partition coefficient (Wildman–Crippen LogP) is 3.21. The van der Waals surface area contributed by atoms with E-state index in [9.17, 15) is 38.4 Å². The molecule has 3 fully saturated rings. The van der Waals surface area contributed by atoms with Crippen molar-refractivity contribution >= 4 is 47.4 Å². The van der Waals surface area contributed by atoms with Crippen molar-refractivity contribution in [3.63, 3.8) is 0 Å². The topological polar surface area (TPSA) is 229 Å². The number of hydrogen-bond donors (Lipinski definition) is 4. The van der Waals surface area contributed by atoms with E-state index in [0.717, 1.165) is 23.3 Å². The van der Waals surface area contributed by atoms with Gasteiger partial charge in [0.15, 0.2) is 0 Å². The highest BCUT2D eigenvalue weighted by Crippen LogP contribution is 2.53. The number of methoxy groups -OCH3 is 2. The lowest BCUT2D eigenvalue weighted by molar-refractivity contribution is -0.200. The Balaban J connectivity index is 1.20. The fourth-order valence-corrected chi connectivity index (χ4v) is 11.0. The van der Waals surface area contributed by atoms with Crippen LogP contribution in [0.15, 0.2) is 42.5 Å². The molecule has 1 aromatic carbocycles. The molecule has 9 amide bonds. The van der Waals surface area contributed by atoms with Crippen molar-refractivity contribution in [2.45, 2.75) is 148 Å². The molecule has 1 aromatic rings. The minimum absolute atomic E-state index is 0.0450. The van der Waals surface area contributed by atoms with Crippen LogP contribution >= 0.6 is 0 Å². The van der Waals surface area contributed by atoms with Gasteiger partial charge in [-0.2, -0.15) is 0 Å². The maximum Gasteiger partial charge on any atom is 0.314 e. The Morgan fingerprint density at radius 2 is 1.53 bits per heavy atom. The summed E-state index contributed by atoms with van der Waals surface area (Å²) >= 11 is 0. The average Bonchev–Trinajstić information content (AvgIpc) is 3.73. The molecule has 0 radical (unpaired) electrons. The Morgan fingerprint density at radius 3 is 2.12 bits per heavy atom. The van der Waals surface area contributed by atoms with Gasteiger partial charge in [-0.1, -0.05) is 85.2 Å². The minimum atomic E-state index is -1.17. The minimum Gasteiger partial charge on any atom is -0.379 e. The van der Waals surface area contributed by atoms with Crippen molar-refractivity contribution < 1.29 is 52.7 Å². The SMILES string of the molecule is CCC(C)C(C(CC(=O)N1CCC[C@H]1C(OC)C(C)C(=O)N[C@@]1(C(=O)N2CCCCO2)C[C@@H]1c1ccccc1)OC)N(C)C(=O)C(NC(=O)C(C(C)C)N(C)CCCNC(=O)NCCN1C(=O)C=CC1=O)C(C)C. The van der Waals surface area contributed by atoms with E-state index in [2.05, 4.69) is 21.3 Å². The molecule has 5 rings (SSSR count). The van der Waals surface area contributed by atoms with Crippen LogP contribution in [0.5, 0.6) is 0 Å². The lowest BCUT2D eigenvalue weighted by atomic mass is 9.89. The number of carbonyl (C=O) groups excluding carboxylic acids is 8. The third-order valence-electron chi connectivity index (χ3n) is 15.5. The molecule has 2 saturated heterocycles. The number of carbonyl (C=O) groups is 8. The molecule has 0 bridgehead atoms. The highest BCUT2D eigenvalue weighted by Gasteiger charge is 2.64. The number of urea groups is 1. The Labute approximate surface area is 438 Å². The molecule has 3 aliphatic heterocycles. The molecule has 7 unspecified atom stereocenters. The van der Waals surface area contributed by atoms with Crippen LogP contribution in [0, 0.1) is 23.7 Å². The van der Waals surface area contributed by atoms with Crippen LogP contribution in [-0.4, -0.2) is 188 Å². The van der Waals surface area contributed by atoms with Crippen molar-refractivity contribution in [3.05, 3.63) is 48.0 Å². The average molecular weight is 1040 g/mol. The van der Waals surface area contributed by atoms with Gasteiger partial charge in [-0.05, 0) is 68.9 Å². The van der Waals surface area contributed by atoms with E-state index in [1.54, 1.807) is 30.9 Å². The Morgan fingerprint density at radius 1 is 0.851 bits per heavy atom. The van der Waals surface area contributed by atoms with Crippen LogP contribution in [0.1, 0.15) is 111 Å². The zero-order valence-corrected chi connectivity index (χ0v) is 45.7. The number of benzene rings is 1. The van der Waals surface area contributed by atoms with E-state index in [1.807, 2.05) is 83.8 Å². The first-order valence-electron chi connectivity index (χ1n) is 26.7. The number of ether oxygens (including phenoxy) is 2. The number of nitrogens with one attached hydrogen (secondary N) is 4. The molecule has 1 aliphatic carbocycles. The molecule has 0 spiro atoms. The molecular formula is C54H85N9O11. The smallest absolute Gasteiger partial charge is 0.314 e. The third kappa shape index (κ3) is 14.5. The second-order valence-electron chi connectivity index (χ2n) is 21.3. The first-order chi connectivity index (χ1) is 35.2. The fraction of sp³-hybridized carbons (Fsp3) is 0.704. The van der Waals surface area contributed by atoms with Crippen LogP contribution < -0.4 is 21.3 Å². The molecule has 412 valence electrons. The molecule has 1 saturated carbocycles. The second kappa shape index (κ2) is 27.4. The highest BCUT2D eigenvalue weighted by atomic mass is 16.7. The maximum atomic E-state index is 14.7. The first-order valence-corrected chi connectivity index (χ1v) is 26.7. The van der Waals surface area contributed by atoms with Crippen LogP contribution in [0.3, 0.4) is 0 Å². The van der Waals surface area contributed by atoms with Crippen LogP contribution in [0.2, 0.25) is 0 Å². The number of hydroxylamine groups is 2. The summed E-state index contributed by atoms with van der Waals surface area (Å²) in [7, 11) is 6.61. The van der Waals surface area contributed by atoms with Crippen molar-refractivity contribution in [1.82, 2.24) is 45.9 Å². The summed E-state index contributed by atoms with van der Waals surface area (Å²) < 4.78 is 12.2. The number of rotatable bonds is 27. The quantitative estimate of drug-likeness (QED) is 0.0736. The molecule has 0 aromatic heterocycles. The highest BCUT2D eigenvalue weighted by molar-refractivity contribution is 6.12. The molecule has 10 atom stereocenters. The van der Waals surface area contributed by atoms with Gasteiger partial charge in [0.2, 0.25) is 23.6 Å². The molecule has 3 heterocycles. The van der Waals surface area contributed by atoms with E-state index in [-0.39, 0.29) is 72.7 Å². The molecular weight excluding hydrogens is 951 g/mol. The Kier molecular flexibility index (Phi) is 22.0.